The van der Waals surface area contributed by atoms with E-state index in [1.165, 1.54) is 7.11 Å². The van der Waals surface area contributed by atoms with Crippen LogP contribution < -0.4 is 11.1 Å². The summed E-state index contributed by atoms with van der Waals surface area (Å²) in [5.41, 5.74) is 7.60. The maximum atomic E-state index is 11.6. The summed E-state index contributed by atoms with van der Waals surface area (Å²) in [6, 6.07) is 5.23. The van der Waals surface area contributed by atoms with Crippen molar-refractivity contribution in [3.05, 3.63) is 23.8 Å². The first kappa shape index (κ1) is 13.4. The number of anilines is 2. The van der Waals surface area contributed by atoms with Crippen LogP contribution in [0.15, 0.2) is 18.2 Å². The number of rotatable bonds is 6. The fourth-order valence-electron chi connectivity index (χ4n) is 1.64. The monoisotopic (exact) mass is 236 g/mol. The molecule has 4 heteroatoms. The van der Waals surface area contributed by atoms with E-state index in [0.29, 0.717) is 16.9 Å². The van der Waals surface area contributed by atoms with Crippen molar-refractivity contribution in [3.8, 4) is 0 Å². The number of hydrogen-bond donors (Lipinski definition) is 2. The average Bonchev–Trinajstić information content (AvgIpc) is 2.35. The molecule has 0 aliphatic carbocycles. The van der Waals surface area contributed by atoms with Crippen LogP contribution in [-0.2, 0) is 4.74 Å². The second-order valence-corrected chi connectivity index (χ2v) is 3.90. The molecule has 0 fully saturated rings. The number of para-hydroxylation sites is 1. The number of carbonyl (C=O) groups is 1. The van der Waals surface area contributed by atoms with Gasteiger partial charge >= 0.3 is 5.97 Å². The lowest BCUT2D eigenvalue weighted by molar-refractivity contribution is 0.0602. The Morgan fingerprint density at radius 3 is 2.82 bits per heavy atom. The first-order valence-electron chi connectivity index (χ1n) is 5.91. The predicted molar refractivity (Wildman–Crippen MR) is 70.2 cm³/mol. The quantitative estimate of drug-likeness (QED) is 0.453. The van der Waals surface area contributed by atoms with Crippen molar-refractivity contribution < 1.29 is 9.53 Å². The van der Waals surface area contributed by atoms with Gasteiger partial charge in [-0.1, -0.05) is 25.8 Å². The molecule has 0 aliphatic rings. The maximum Gasteiger partial charge on any atom is 0.340 e. The van der Waals surface area contributed by atoms with E-state index in [2.05, 4.69) is 12.2 Å². The lowest BCUT2D eigenvalue weighted by Crippen LogP contribution is -2.11. The zero-order valence-electron chi connectivity index (χ0n) is 10.5. The van der Waals surface area contributed by atoms with E-state index in [-0.39, 0.29) is 5.97 Å². The minimum absolute atomic E-state index is 0.365. The highest BCUT2D eigenvalue weighted by Crippen LogP contribution is 2.24. The Morgan fingerprint density at radius 1 is 1.41 bits per heavy atom. The van der Waals surface area contributed by atoms with Crippen LogP contribution in [0.4, 0.5) is 11.4 Å². The number of nitrogens with one attached hydrogen (secondary N) is 1. The summed E-state index contributed by atoms with van der Waals surface area (Å²) in [6.07, 6.45) is 3.38. The molecule has 0 amide bonds. The molecule has 0 unspecified atom stereocenters. The minimum Gasteiger partial charge on any atom is -0.465 e. The fourth-order valence-corrected chi connectivity index (χ4v) is 1.64. The van der Waals surface area contributed by atoms with Crippen molar-refractivity contribution in [1.82, 2.24) is 0 Å². The Balaban J connectivity index is 2.77. The van der Waals surface area contributed by atoms with Crippen molar-refractivity contribution in [2.45, 2.75) is 26.2 Å². The third kappa shape index (κ3) is 3.66. The van der Waals surface area contributed by atoms with Gasteiger partial charge in [-0.2, -0.15) is 0 Å². The summed E-state index contributed by atoms with van der Waals surface area (Å²) in [5.74, 6) is -0.365. The van der Waals surface area contributed by atoms with Gasteiger partial charge in [-0.15, -0.1) is 0 Å². The van der Waals surface area contributed by atoms with Crippen LogP contribution in [0.25, 0.3) is 0 Å². The number of ether oxygens (including phenoxy) is 1. The molecule has 1 aromatic rings. The van der Waals surface area contributed by atoms with Gasteiger partial charge in [-0.25, -0.2) is 4.79 Å². The largest absolute Gasteiger partial charge is 0.465 e. The first-order chi connectivity index (χ1) is 8.20. The number of methoxy groups -OCH3 is 1. The Labute approximate surface area is 102 Å². The molecule has 3 N–H and O–H groups in total. The molecule has 0 saturated carbocycles. The minimum atomic E-state index is -0.365. The fraction of sp³-hybridized carbons (Fsp3) is 0.462. The lowest BCUT2D eigenvalue weighted by atomic mass is 10.1. The Kier molecular flexibility index (Phi) is 5.33. The Hall–Kier alpha value is -1.71. The Morgan fingerprint density at radius 2 is 2.18 bits per heavy atom. The third-order valence-electron chi connectivity index (χ3n) is 2.58. The van der Waals surface area contributed by atoms with E-state index >= 15 is 0 Å². The van der Waals surface area contributed by atoms with Crippen LogP contribution in [0.1, 0.15) is 36.5 Å². The van der Waals surface area contributed by atoms with Gasteiger partial charge in [0.15, 0.2) is 0 Å². The molecule has 0 saturated heterocycles. The topological polar surface area (TPSA) is 64.3 Å². The van der Waals surface area contributed by atoms with Gasteiger partial charge in [-0.3, -0.25) is 0 Å². The van der Waals surface area contributed by atoms with E-state index in [4.69, 9.17) is 10.5 Å². The smallest absolute Gasteiger partial charge is 0.340 e. The number of unbranched alkanes of at least 4 members (excludes halogenated alkanes) is 2. The molecular formula is C13H20N2O2. The highest BCUT2D eigenvalue weighted by atomic mass is 16.5. The number of carbonyl (C=O) groups excluding carboxylic acids is 1. The molecule has 0 radical (unpaired) electrons. The highest BCUT2D eigenvalue weighted by Gasteiger charge is 2.13. The van der Waals surface area contributed by atoms with Gasteiger partial charge in [-0.05, 0) is 18.6 Å². The number of esters is 1. The third-order valence-corrected chi connectivity index (χ3v) is 2.58. The summed E-state index contributed by atoms with van der Waals surface area (Å²) in [4.78, 5) is 11.6. The highest BCUT2D eigenvalue weighted by molar-refractivity contribution is 5.98. The second kappa shape index (κ2) is 6.78. The van der Waals surface area contributed by atoms with E-state index in [9.17, 15) is 4.79 Å². The van der Waals surface area contributed by atoms with Gasteiger partial charge in [0.25, 0.3) is 0 Å². The number of nitrogen functional groups attached to an aromatic ring is 1. The van der Waals surface area contributed by atoms with Gasteiger partial charge < -0.3 is 15.8 Å². The van der Waals surface area contributed by atoms with Gasteiger partial charge in [0.1, 0.15) is 0 Å². The summed E-state index contributed by atoms with van der Waals surface area (Å²) in [5, 5.41) is 3.21. The number of benzene rings is 1. The van der Waals surface area contributed by atoms with Crippen LogP contribution >= 0.6 is 0 Å². The Bertz CT molecular complexity index is 378. The molecule has 0 heterocycles. The van der Waals surface area contributed by atoms with Gasteiger partial charge in [0.05, 0.1) is 24.0 Å². The zero-order chi connectivity index (χ0) is 12.7. The SMILES string of the molecule is CCCCCNc1c(N)cccc1C(=O)OC. The van der Waals surface area contributed by atoms with Crippen molar-refractivity contribution in [1.29, 1.82) is 0 Å². The summed E-state index contributed by atoms with van der Waals surface area (Å²) in [6.45, 7) is 2.96. The molecule has 0 aromatic heterocycles. The average molecular weight is 236 g/mol. The standard InChI is InChI=1S/C13H20N2O2/c1-3-4-5-9-15-12-10(13(16)17-2)7-6-8-11(12)14/h6-8,15H,3-5,9,14H2,1-2H3. The van der Waals surface area contributed by atoms with E-state index in [0.717, 1.165) is 25.8 Å². The predicted octanol–water partition coefficient (Wildman–Crippen LogP) is 2.66. The van der Waals surface area contributed by atoms with Crippen LogP contribution in [0, 0.1) is 0 Å². The number of nitrogens with two attached hydrogens (primary N) is 1. The second-order valence-electron chi connectivity index (χ2n) is 3.90. The molecule has 94 valence electrons. The summed E-state index contributed by atoms with van der Waals surface area (Å²) >= 11 is 0. The van der Waals surface area contributed by atoms with E-state index in [1.54, 1.807) is 18.2 Å². The van der Waals surface area contributed by atoms with Crippen LogP contribution in [0.2, 0.25) is 0 Å². The summed E-state index contributed by atoms with van der Waals surface area (Å²) in [7, 11) is 1.37. The normalized spacial score (nSPS) is 10.0. The molecule has 0 bridgehead atoms. The van der Waals surface area contributed by atoms with Crippen molar-refractivity contribution in [2.24, 2.45) is 0 Å². The molecule has 0 spiro atoms. The van der Waals surface area contributed by atoms with Gasteiger partial charge in [0, 0.05) is 6.54 Å². The van der Waals surface area contributed by atoms with Crippen LogP contribution in [0.3, 0.4) is 0 Å². The first-order valence-corrected chi connectivity index (χ1v) is 5.91. The van der Waals surface area contributed by atoms with Crippen molar-refractivity contribution in [3.63, 3.8) is 0 Å². The molecule has 4 nitrogen and oxygen atoms in total. The number of hydrogen-bond acceptors (Lipinski definition) is 4. The molecule has 17 heavy (non-hydrogen) atoms. The maximum absolute atomic E-state index is 11.6. The molecule has 0 aliphatic heterocycles. The zero-order valence-corrected chi connectivity index (χ0v) is 10.5. The lowest BCUT2D eigenvalue weighted by Gasteiger charge is -2.12. The molecule has 1 aromatic carbocycles. The van der Waals surface area contributed by atoms with Crippen LogP contribution in [0.5, 0.6) is 0 Å². The van der Waals surface area contributed by atoms with Crippen LogP contribution in [-0.4, -0.2) is 19.6 Å². The van der Waals surface area contributed by atoms with E-state index < -0.39 is 0 Å². The molecule has 0 atom stereocenters. The van der Waals surface area contributed by atoms with Crippen molar-refractivity contribution in [2.75, 3.05) is 24.7 Å². The molecule has 1 rings (SSSR count). The summed E-state index contributed by atoms with van der Waals surface area (Å²) < 4.78 is 4.72. The van der Waals surface area contributed by atoms with Gasteiger partial charge in [0.2, 0.25) is 0 Å². The molecular weight excluding hydrogens is 216 g/mol. The van der Waals surface area contributed by atoms with E-state index in [1.807, 2.05) is 0 Å². The van der Waals surface area contributed by atoms with Crippen molar-refractivity contribution >= 4 is 17.3 Å².